The molecule has 1 aromatic carbocycles. The third-order valence-electron chi connectivity index (χ3n) is 3.60. The van der Waals surface area contributed by atoms with Gasteiger partial charge in [0.2, 0.25) is 10.0 Å². The van der Waals surface area contributed by atoms with Gasteiger partial charge in [-0.1, -0.05) is 6.07 Å². The molecule has 2 N–H and O–H groups in total. The molecule has 2 rings (SSSR count). The minimum atomic E-state index is -3.35. The number of aryl methyl sites for hydroxylation is 1. The van der Waals surface area contributed by atoms with Crippen molar-refractivity contribution in [2.45, 2.75) is 38.1 Å². The Labute approximate surface area is 109 Å². The van der Waals surface area contributed by atoms with Gasteiger partial charge in [-0.15, -0.1) is 0 Å². The van der Waals surface area contributed by atoms with Crippen LogP contribution in [0.25, 0.3) is 0 Å². The predicted molar refractivity (Wildman–Crippen MR) is 71.8 cm³/mol. The van der Waals surface area contributed by atoms with Crippen molar-refractivity contribution in [1.29, 1.82) is 0 Å². The Balaban J connectivity index is 2.52. The minimum absolute atomic E-state index is 0.365. The summed E-state index contributed by atoms with van der Waals surface area (Å²) in [6, 6.07) is 3.67. The van der Waals surface area contributed by atoms with Gasteiger partial charge in [-0.2, -0.15) is 4.31 Å². The SMILES string of the molecule is Cc1cc(CN)cc(S(=O)(=O)N2CCCC2)c1C. The highest BCUT2D eigenvalue weighted by atomic mass is 32.2. The third-order valence-corrected chi connectivity index (χ3v) is 5.62. The van der Waals surface area contributed by atoms with Crippen molar-refractivity contribution < 1.29 is 8.42 Å². The van der Waals surface area contributed by atoms with E-state index in [2.05, 4.69) is 0 Å². The first kappa shape index (κ1) is 13.5. The standard InChI is InChI=1S/C13H20N2O2S/c1-10-7-12(9-14)8-13(11(10)2)18(16,17)15-5-3-4-6-15/h7-8H,3-6,9,14H2,1-2H3. The summed E-state index contributed by atoms with van der Waals surface area (Å²) in [4.78, 5) is 0.421. The summed E-state index contributed by atoms with van der Waals surface area (Å²) < 4.78 is 26.7. The van der Waals surface area contributed by atoms with E-state index in [0.29, 0.717) is 24.5 Å². The summed E-state index contributed by atoms with van der Waals surface area (Å²) in [5.41, 5.74) is 8.31. The normalized spacial score (nSPS) is 17.3. The molecule has 0 aliphatic carbocycles. The van der Waals surface area contributed by atoms with Gasteiger partial charge in [-0.05, 0) is 49.4 Å². The fourth-order valence-corrected chi connectivity index (χ4v) is 4.22. The Morgan fingerprint density at radius 2 is 1.83 bits per heavy atom. The number of nitrogens with two attached hydrogens (primary N) is 1. The molecule has 1 aliphatic rings. The second-order valence-electron chi connectivity index (χ2n) is 4.85. The Morgan fingerprint density at radius 3 is 2.39 bits per heavy atom. The average molecular weight is 268 g/mol. The first-order valence-electron chi connectivity index (χ1n) is 6.27. The molecule has 5 heteroatoms. The molecule has 100 valence electrons. The van der Waals surface area contributed by atoms with Crippen molar-refractivity contribution in [2.75, 3.05) is 13.1 Å². The maximum absolute atomic E-state index is 12.6. The number of benzene rings is 1. The van der Waals surface area contributed by atoms with Gasteiger partial charge in [0, 0.05) is 19.6 Å². The van der Waals surface area contributed by atoms with Crippen molar-refractivity contribution in [2.24, 2.45) is 5.73 Å². The summed E-state index contributed by atoms with van der Waals surface area (Å²) in [5.74, 6) is 0. The van der Waals surface area contributed by atoms with Crippen LogP contribution in [0.3, 0.4) is 0 Å². The molecular weight excluding hydrogens is 248 g/mol. The second-order valence-corrected chi connectivity index (χ2v) is 6.76. The zero-order valence-corrected chi connectivity index (χ0v) is 11.8. The predicted octanol–water partition coefficient (Wildman–Crippen LogP) is 1.55. The van der Waals surface area contributed by atoms with Gasteiger partial charge in [-0.3, -0.25) is 0 Å². The van der Waals surface area contributed by atoms with E-state index in [1.807, 2.05) is 19.9 Å². The number of hydrogen-bond acceptors (Lipinski definition) is 3. The summed E-state index contributed by atoms with van der Waals surface area (Å²) in [6.45, 7) is 5.42. The first-order valence-corrected chi connectivity index (χ1v) is 7.71. The van der Waals surface area contributed by atoms with Crippen LogP contribution in [0.5, 0.6) is 0 Å². The van der Waals surface area contributed by atoms with Crippen molar-refractivity contribution >= 4 is 10.0 Å². The van der Waals surface area contributed by atoms with Gasteiger partial charge >= 0.3 is 0 Å². The van der Waals surface area contributed by atoms with E-state index in [4.69, 9.17) is 5.73 Å². The van der Waals surface area contributed by atoms with Gasteiger partial charge in [0.15, 0.2) is 0 Å². The lowest BCUT2D eigenvalue weighted by molar-refractivity contribution is 0.477. The quantitative estimate of drug-likeness (QED) is 0.904. The van der Waals surface area contributed by atoms with Gasteiger partial charge in [0.1, 0.15) is 0 Å². The van der Waals surface area contributed by atoms with Crippen LogP contribution in [0.1, 0.15) is 29.5 Å². The zero-order valence-electron chi connectivity index (χ0n) is 10.9. The van der Waals surface area contributed by atoms with Crippen LogP contribution < -0.4 is 5.73 Å². The summed E-state index contributed by atoms with van der Waals surface area (Å²) >= 11 is 0. The van der Waals surface area contributed by atoms with Crippen molar-refractivity contribution in [3.63, 3.8) is 0 Å². The second kappa shape index (κ2) is 4.99. The van der Waals surface area contributed by atoms with Crippen LogP contribution in [-0.2, 0) is 16.6 Å². The Hall–Kier alpha value is -0.910. The summed E-state index contributed by atoms with van der Waals surface area (Å²) in [7, 11) is -3.35. The molecule has 0 saturated carbocycles. The molecule has 0 unspecified atom stereocenters. The zero-order chi connectivity index (χ0) is 13.3. The molecule has 0 atom stereocenters. The molecule has 1 aromatic rings. The lowest BCUT2D eigenvalue weighted by atomic mass is 10.1. The largest absolute Gasteiger partial charge is 0.326 e. The molecular formula is C13H20N2O2S. The molecule has 1 aliphatic heterocycles. The van der Waals surface area contributed by atoms with E-state index < -0.39 is 10.0 Å². The third kappa shape index (κ3) is 2.30. The van der Waals surface area contributed by atoms with E-state index in [-0.39, 0.29) is 0 Å². The van der Waals surface area contributed by atoms with E-state index in [9.17, 15) is 8.42 Å². The van der Waals surface area contributed by atoms with Gasteiger partial charge in [-0.25, -0.2) is 8.42 Å². The highest BCUT2D eigenvalue weighted by Gasteiger charge is 2.29. The van der Waals surface area contributed by atoms with Crippen molar-refractivity contribution in [3.05, 3.63) is 28.8 Å². The van der Waals surface area contributed by atoms with Crippen molar-refractivity contribution in [3.8, 4) is 0 Å². The molecule has 4 nitrogen and oxygen atoms in total. The highest BCUT2D eigenvalue weighted by Crippen LogP contribution is 2.26. The average Bonchev–Trinajstić information content (AvgIpc) is 2.86. The van der Waals surface area contributed by atoms with Crippen LogP contribution >= 0.6 is 0 Å². The number of hydrogen-bond donors (Lipinski definition) is 1. The number of rotatable bonds is 3. The van der Waals surface area contributed by atoms with E-state index >= 15 is 0 Å². The molecule has 0 amide bonds. The minimum Gasteiger partial charge on any atom is -0.326 e. The van der Waals surface area contributed by atoms with Crippen LogP contribution in [0.15, 0.2) is 17.0 Å². The maximum atomic E-state index is 12.6. The maximum Gasteiger partial charge on any atom is 0.243 e. The molecule has 1 heterocycles. The topological polar surface area (TPSA) is 63.4 Å². The van der Waals surface area contributed by atoms with Crippen LogP contribution in [0.2, 0.25) is 0 Å². The summed E-state index contributed by atoms with van der Waals surface area (Å²) in [5, 5.41) is 0. The Kier molecular flexibility index (Phi) is 3.75. The Morgan fingerprint density at radius 1 is 1.22 bits per heavy atom. The van der Waals surface area contributed by atoms with Crippen LogP contribution in [-0.4, -0.2) is 25.8 Å². The molecule has 18 heavy (non-hydrogen) atoms. The number of nitrogens with zero attached hydrogens (tertiary/aromatic N) is 1. The number of sulfonamides is 1. The van der Waals surface area contributed by atoms with Gasteiger partial charge in [0.25, 0.3) is 0 Å². The van der Waals surface area contributed by atoms with E-state index in [0.717, 1.165) is 29.5 Å². The van der Waals surface area contributed by atoms with E-state index in [1.165, 1.54) is 0 Å². The van der Waals surface area contributed by atoms with Gasteiger partial charge in [0.05, 0.1) is 4.90 Å². The molecule has 0 spiro atoms. The fraction of sp³-hybridized carbons (Fsp3) is 0.538. The van der Waals surface area contributed by atoms with Crippen LogP contribution in [0, 0.1) is 13.8 Å². The fourth-order valence-electron chi connectivity index (χ4n) is 2.35. The monoisotopic (exact) mass is 268 g/mol. The smallest absolute Gasteiger partial charge is 0.243 e. The molecule has 1 fully saturated rings. The van der Waals surface area contributed by atoms with E-state index in [1.54, 1.807) is 10.4 Å². The molecule has 0 radical (unpaired) electrons. The Bertz CT molecular complexity index is 546. The van der Waals surface area contributed by atoms with Crippen molar-refractivity contribution in [1.82, 2.24) is 4.31 Å². The molecule has 0 bridgehead atoms. The first-order chi connectivity index (χ1) is 8.46. The van der Waals surface area contributed by atoms with Crippen LogP contribution in [0.4, 0.5) is 0 Å². The van der Waals surface area contributed by atoms with Gasteiger partial charge < -0.3 is 5.73 Å². The molecule has 1 saturated heterocycles. The lowest BCUT2D eigenvalue weighted by Gasteiger charge is -2.19. The molecule has 0 aromatic heterocycles. The summed E-state index contributed by atoms with van der Waals surface area (Å²) in [6.07, 6.45) is 1.90. The highest BCUT2D eigenvalue weighted by molar-refractivity contribution is 7.89. The lowest BCUT2D eigenvalue weighted by Crippen LogP contribution is -2.28.